The van der Waals surface area contributed by atoms with Crippen LogP contribution >= 0.6 is 0 Å². The van der Waals surface area contributed by atoms with Crippen LogP contribution in [0.25, 0.3) is 28.1 Å². The summed E-state index contributed by atoms with van der Waals surface area (Å²) in [5.41, 5.74) is 4.84. The van der Waals surface area contributed by atoms with Gasteiger partial charge in [-0.1, -0.05) is 0 Å². The highest BCUT2D eigenvalue weighted by Crippen LogP contribution is 2.56. The third-order valence-corrected chi connectivity index (χ3v) is 7.67. The molecule has 0 spiro atoms. The molecule has 0 radical (unpaired) electrons. The molecule has 4 heterocycles. The van der Waals surface area contributed by atoms with E-state index in [9.17, 15) is 0 Å². The van der Waals surface area contributed by atoms with E-state index in [1.165, 1.54) is 38.5 Å². The number of furan rings is 1. The molecule has 4 aliphatic rings. The Balaban J connectivity index is 1.24. The zero-order chi connectivity index (χ0) is 20.4. The summed E-state index contributed by atoms with van der Waals surface area (Å²) in [6, 6.07) is 10.1. The van der Waals surface area contributed by atoms with Crippen molar-refractivity contribution in [3.05, 3.63) is 55.4 Å². The van der Waals surface area contributed by atoms with E-state index in [0.717, 1.165) is 51.7 Å². The Bertz CT molecular complexity index is 1220. The number of nitrogens with zero attached hydrogens (tertiary/aromatic N) is 4. The Morgan fingerprint density at radius 1 is 0.968 bits per heavy atom. The standard InChI is InChI=1S/C25H25N5O/c1-2-23(29-25-11-16-7-17(12-25)9-18(8-16)13-25)28-24-21(1)27-15-30(24)20-3-5-26-22(10-20)19-4-6-31-14-19/h1-6,10,14-18H,7-9,11-13H2,(H,28,29). The van der Waals surface area contributed by atoms with Crippen molar-refractivity contribution in [3.8, 4) is 16.9 Å². The van der Waals surface area contributed by atoms with E-state index in [0.29, 0.717) is 0 Å². The maximum absolute atomic E-state index is 5.22. The Labute approximate surface area is 180 Å². The van der Waals surface area contributed by atoms with Crippen molar-refractivity contribution in [1.29, 1.82) is 0 Å². The number of hydrogen-bond acceptors (Lipinski definition) is 5. The largest absolute Gasteiger partial charge is 0.472 e. The zero-order valence-corrected chi connectivity index (χ0v) is 17.4. The smallest absolute Gasteiger partial charge is 0.166 e. The van der Waals surface area contributed by atoms with Crippen LogP contribution in [0.1, 0.15) is 38.5 Å². The molecule has 4 aromatic heterocycles. The van der Waals surface area contributed by atoms with E-state index in [2.05, 4.69) is 27.4 Å². The predicted molar refractivity (Wildman–Crippen MR) is 119 cm³/mol. The maximum atomic E-state index is 5.22. The van der Waals surface area contributed by atoms with Crippen LogP contribution in [0.2, 0.25) is 0 Å². The molecule has 6 heteroatoms. The fourth-order valence-corrected chi connectivity index (χ4v) is 6.83. The first-order valence-electron chi connectivity index (χ1n) is 11.3. The van der Waals surface area contributed by atoms with Gasteiger partial charge in [-0.15, -0.1) is 0 Å². The number of rotatable bonds is 4. The molecule has 1 N–H and O–H groups in total. The maximum Gasteiger partial charge on any atom is 0.166 e. The number of imidazole rings is 1. The highest BCUT2D eigenvalue weighted by molar-refractivity contribution is 5.76. The molecule has 8 rings (SSSR count). The van der Waals surface area contributed by atoms with Crippen LogP contribution in [0.4, 0.5) is 5.82 Å². The molecular formula is C25H25N5O. The second kappa shape index (κ2) is 6.42. The van der Waals surface area contributed by atoms with Crippen LogP contribution in [0.5, 0.6) is 0 Å². The summed E-state index contributed by atoms with van der Waals surface area (Å²) in [5, 5.41) is 3.90. The lowest BCUT2D eigenvalue weighted by Crippen LogP contribution is -2.54. The van der Waals surface area contributed by atoms with Gasteiger partial charge in [-0.2, -0.15) is 0 Å². The Morgan fingerprint density at radius 2 is 1.77 bits per heavy atom. The molecule has 4 saturated carbocycles. The number of aromatic nitrogens is 4. The van der Waals surface area contributed by atoms with Gasteiger partial charge in [0.05, 0.1) is 23.9 Å². The van der Waals surface area contributed by atoms with Crippen LogP contribution in [-0.2, 0) is 0 Å². The first-order valence-corrected chi connectivity index (χ1v) is 11.3. The van der Waals surface area contributed by atoms with Gasteiger partial charge in [0, 0.05) is 17.3 Å². The summed E-state index contributed by atoms with van der Waals surface area (Å²) >= 11 is 0. The van der Waals surface area contributed by atoms with Gasteiger partial charge >= 0.3 is 0 Å². The SMILES string of the molecule is c1cc(-n2cnc3ccc(NC45CC6CC(CC(C6)C4)C5)nc32)cc(-c2ccoc2)n1. The molecule has 0 amide bonds. The zero-order valence-electron chi connectivity index (χ0n) is 17.4. The molecule has 0 saturated heterocycles. The number of fused-ring (bicyclic) bond motifs is 1. The summed E-state index contributed by atoms with van der Waals surface area (Å²) < 4.78 is 7.27. The minimum atomic E-state index is 0.241. The lowest BCUT2D eigenvalue weighted by atomic mass is 9.53. The van der Waals surface area contributed by atoms with Gasteiger partial charge in [0.15, 0.2) is 5.65 Å². The van der Waals surface area contributed by atoms with E-state index >= 15 is 0 Å². The van der Waals surface area contributed by atoms with Gasteiger partial charge in [-0.3, -0.25) is 9.55 Å². The molecule has 6 nitrogen and oxygen atoms in total. The Morgan fingerprint density at radius 3 is 2.52 bits per heavy atom. The summed E-state index contributed by atoms with van der Waals surface area (Å²) in [4.78, 5) is 14.1. The summed E-state index contributed by atoms with van der Waals surface area (Å²) in [6.07, 6.45) is 15.3. The van der Waals surface area contributed by atoms with Gasteiger partial charge < -0.3 is 9.73 Å². The molecule has 4 aliphatic carbocycles. The number of nitrogens with one attached hydrogen (secondary N) is 1. The first-order chi connectivity index (χ1) is 15.2. The molecule has 31 heavy (non-hydrogen) atoms. The monoisotopic (exact) mass is 411 g/mol. The van der Waals surface area contributed by atoms with Crippen molar-refractivity contribution >= 4 is 17.0 Å². The van der Waals surface area contributed by atoms with Crippen LogP contribution in [-0.4, -0.2) is 25.1 Å². The molecule has 0 aliphatic heterocycles. The van der Waals surface area contributed by atoms with Crippen LogP contribution < -0.4 is 5.32 Å². The summed E-state index contributed by atoms with van der Waals surface area (Å²) in [7, 11) is 0. The third kappa shape index (κ3) is 2.88. The molecule has 0 atom stereocenters. The third-order valence-electron chi connectivity index (χ3n) is 7.67. The second-order valence-corrected chi connectivity index (χ2v) is 9.89. The first kappa shape index (κ1) is 17.5. The van der Waals surface area contributed by atoms with Gasteiger partial charge in [-0.05, 0) is 86.6 Å². The van der Waals surface area contributed by atoms with Gasteiger partial charge in [0.25, 0.3) is 0 Å². The normalized spacial score (nSPS) is 29.0. The van der Waals surface area contributed by atoms with Crippen molar-refractivity contribution in [2.75, 3.05) is 5.32 Å². The molecule has 4 bridgehead atoms. The lowest BCUT2D eigenvalue weighted by molar-refractivity contribution is 0.0105. The van der Waals surface area contributed by atoms with Crippen LogP contribution in [0.15, 0.2) is 59.8 Å². The number of hydrogen-bond donors (Lipinski definition) is 1. The minimum absolute atomic E-state index is 0.241. The molecule has 156 valence electrons. The number of anilines is 1. The van der Waals surface area contributed by atoms with Crippen LogP contribution in [0, 0.1) is 17.8 Å². The average molecular weight is 412 g/mol. The van der Waals surface area contributed by atoms with E-state index < -0.39 is 0 Å². The van der Waals surface area contributed by atoms with Crippen molar-refractivity contribution in [1.82, 2.24) is 19.5 Å². The van der Waals surface area contributed by atoms with Crippen molar-refractivity contribution in [2.24, 2.45) is 17.8 Å². The lowest BCUT2D eigenvalue weighted by Gasteiger charge is -2.57. The van der Waals surface area contributed by atoms with Crippen molar-refractivity contribution in [2.45, 2.75) is 44.1 Å². The van der Waals surface area contributed by atoms with E-state index in [1.54, 1.807) is 12.5 Å². The van der Waals surface area contributed by atoms with E-state index in [-0.39, 0.29) is 5.54 Å². The second-order valence-electron chi connectivity index (χ2n) is 9.89. The van der Waals surface area contributed by atoms with Gasteiger partial charge in [0.2, 0.25) is 0 Å². The highest BCUT2D eigenvalue weighted by atomic mass is 16.3. The van der Waals surface area contributed by atoms with Gasteiger partial charge in [0.1, 0.15) is 17.7 Å². The molecular weight excluding hydrogens is 386 g/mol. The Kier molecular flexibility index (Phi) is 3.63. The topological polar surface area (TPSA) is 68.8 Å². The fraction of sp³-hybridized carbons (Fsp3) is 0.400. The van der Waals surface area contributed by atoms with Crippen LogP contribution in [0.3, 0.4) is 0 Å². The molecule has 4 aromatic rings. The van der Waals surface area contributed by atoms with Crippen molar-refractivity contribution in [3.63, 3.8) is 0 Å². The fourth-order valence-electron chi connectivity index (χ4n) is 6.83. The quantitative estimate of drug-likeness (QED) is 0.483. The van der Waals surface area contributed by atoms with Crippen molar-refractivity contribution < 1.29 is 4.42 Å². The highest BCUT2D eigenvalue weighted by Gasteiger charge is 2.51. The summed E-state index contributed by atoms with van der Waals surface area (Å²) in [5.74, 6) is 3.70. The molecule has 4 fully saturated rings. The number of pyridine rings is 2. The Hall–Kier alpha value is -3.15. The predicted octanol–water partition coefficient (Wildman–Crippen LogP) is 5.46. The molecule has 0 aromatic carbocycles. The minimum Gasteiger partial charge on any atom is -0.472 e. The van der Waals surface area contributed by atoms with E-state index in [1.807, 2.05) is 35.3 Å². The van der Waals surface area contributed by atoms with Gasteiger partial charge in [-0.25, -0.2) is 9.97 Å². The van der Waals surface area contributed by atoms with E-state index in [4.69, 9.17) is 9.40 Å². The summed E-state index contributed by atoms with van der Waals surface area (Å²) in [6.45, 7) is 0. The average Bonchev–Trinajstić information content (AvgIpc) is 3.43. The molecule has 0 unspecified atom stereocenters.